The van der Waals surface area contributed by atoms with Crippen molar-refractivity contribution in [3.8, 4) is 0 Å². The number of benzene rings is 1. The maximum absolute atomic E-state index is 12.4. The van der Waals surface area contributed by atoms with Crippen molar-refractivity contribution in [3.05, 3.63) is 52.7 Å². The minimum absolute atomic E-state index is 0.0160. The zero-order chi connectivity index (χ0) is 17.8. The molecule has 2 heterocycles. The fourth-order valence-electron chi connectivity index (χ4n) is 3.15. The van der Waals surface area contributed by atoms with Gasteiger partial charge in [-0.3, -0.25) is 4.79 Å². The van der Waals surface area contributed by atoms with Gasteiger partial charge in [0.05, 0.1) is 31.0 Å². The van der Waals surface area contributed by atoms with Gasteiger partial charge in [-0.05, 0) is 38.0 Å². The highest BCUT2D eigenvalue weighted by Gasteiger charge is 2.16. The molecule has 5 nitrogen and oxygen atoms in total. The van der Waals surface area contributed by atoms with Crippen molar-refractivity contribution in [3.63, 3.8) is 0 Å². The summed E-state index contributed by atoms with van der Waals surface area (Å²) in [6.45, 7) is 9.16. The number of carbonyl (C=O) groups excluding carboxylic acids is 1. The lowest BCUT2D eigenvalue weighted by Crippen LogP contribution is -2.37. The van der Waals surface area contributed by atoms with Crippen LogP contribution in [0.25, 0.3) is 0 Å². The molecule has 1 fully saturated rings. The molecule has 0 aliphatic carbocycles. The van der Waals surface area contributed by atoms with E-state index in [1.807, 2.05) is 51.1 Å². The Kier molecular flexibility index (Phi) is 5.34. The molecule has 1 N–H and O–H groups in total. The van der Waals surface area contributed by atoms with Crippen LogP contribution in [0.15, 0.2) is 30.3 Å². The monoisotopic (exact) mass is 339 g/mol. The van der Waals surface area contributed by atoms with Gasteiger partial charge in [0.15, 0.2) is 0 Å². The Labute approximate surface area is 149 Å². The van der Waals surface area contributed by atoms with Gasteiger partial charge in [-0.1, -0.05) is 29.8 Å². The van der Waals surface area contributed by atoms with Crippen LogP contribution in [0, 0.1) is 20.8 Å². The van der Waals surface area contributed by atoms with Gasteiger partial charge in [0, 0.05) is 13.1 Å². The van der Waals surface area contributed by atoms with Crippen LogP contribution in [0.4, 0.5) is 11.5 Å². The third-order valence-corrected chi connectivity index (χ3v) is 4.43. The third kappa shape index (κ3) is 4.37. The number of anilines is 2. The van der Waals surface area contributed by atoms with Crippen LogP contribution in [0.3, 0.4) is 0 Å². The lowest BCUT2D eigenvalue weighted by molar-refractivity contribution is -0.115. The predicted molar refractivity (Wildman–Crippen MR) is 100 cm³/mol. The second-order valence-electron chi connectivity index (χ2n) is 6.57. The standard InChI is InChI=1S/C20H25N3O2/c1-14-5-4-6-17(11-14)13-19(24)22-20-15(2)12-18(21-16(20)3)23-7-9-25-10-8-23/h4-6,11-12H,7-10,13H2,1-3H3,(H,22,24). The van der Waals surface area contributed by atoms with E-state index in [4.69, 9.17) is 4.74 Å². The van der Waals surface area contributed by atoms with Gasteiger partial charge in [-0.15, -0.1) is 0 Å². The largest absolute Gasteiger partial charge is 0.378 e. The summed E-state index contributed by atoms with van der Waals surface area (Å²) < 4.78 is 5.40. The Hall–Kier alpha value is -2.40. The van der Waals surface area contributed by atoms with Gasteiger partial charge < -0.3 is 15.0 Å². The number of amides is 1. The molecular weight excluding hydrogens is 314 g/mol. The third-order valence-electron chi connectivity index (χ3n) is 4.43. The number of pyridine rings is 1. The number of nitrogens with one attached hydrogen (secondary N) is 1. The lowest BCUT2D eigenvalue weighted by atomic mass is 10.1. The average Bonchev–Trinajstić information content (AvgIpc) is 2.59. The summed E-state index contributed by atoms with van der Waals surface area (Å²) in [5.41, 5.74) is 4.88. The van der Waals surface area contributed by atoms with Crippen LogP contribution < -0.4 is 10.2 Å². The normalized spacial score (nSPS) is 14.4. The summed E-state index contributed by atoms with van der Waals surface area (Å²) >= 11 is 0. The van der Waals surface area contributed by atoms with E-state index in [0.29, 0.717) is 6.42 Å². The molecule has 3 rings (SSSR count). The number of carbonyl (C=O) groups is 1. The molecule has 2 aromatic rings. The predicted octanol–water partition coefficient (Wildman–Crippen LogP) is 3.02. The van der Waals surface area contributed by atoms with Gasteiger partial charge in [-0.2, -0.15) is 0 Å². The second-order valence-corrected chi connectivity index (χ2v) is 6.57. The number of rotatable bonds is 4. The van der Waals surface area contributed by atoms with E-state index in [9.17, 15) is 4.79 Å². The number of aryl methyl sites for hydroxylation is 3. The number of morpholine rings is 1. The second kappa shape index (κ2) is 7.66. The maximum Gasteiger partial charge on any atom is 0.228 e. The molecule has 1 aromatic heterocycles. The molecule has 0 radical (unpaired) electrons. The summed E-state index contributed by atoms with van der Waals surface area (Å²) in [4.78, 5) is 19.3. The van der Waals surface area contributed by atoms with Crippen LogP contribution in [0.5, 0.6) is 0 Å². The van der Waals surface area contributed by atoms with E-state index >= 15 is 0 Å². The van der Waals surface area contributed by atoms with Crippen molar-refractivity contribution >= 4 is 17.4 Å². The molecule has 132 valence electrons. The lowest BCUT2D eigenvalue weighted by Gasteiger charge is -2.28. The average molecular weight is 339 g/mol. The molecule has 0 saturated carbocycles. The fourth-order valence-corrected chi connectivity index (χ4v) is 3.15. The van der Waals surface area contributed by atoms with Crippen molar-refractivity contribution < 1.29 is 9.53 Å². The molecule has 0 spiro atoms. The van der Waals surface area contributed by atoms with E-state index in [1.54, 1.807) is 0 Å². The fraction of sp³-hybridized carbons (Fsp3) is 0.400. The highest BCUT2D eigenvalue weighted by Crippen LogP contribution is 2.24. The first-order chi connectivity index (χ1) is 12.0. The summed E-state index contributed by atoms with van der Waals surface area (Å²) in [6.07, 6.45) is 0.367. The Morgan fingerprint density at radius 3 is 2.64 bits per heavy atom. The first-order valence-electron chi connectivity index (χ1n) is 8.69. The SMILES string of the molecule is Cc1cccc(CC(=O)Nc2c(C)cc(N3CCOCC3)nc2C)c1. The number of ether oxygens (including phenoxy) is 1. The Morgan fingerprint density at radius 2 is 1.96 bits per heavy atom. The van der Waals surface area contributed by atoms with Crippen LogP contribution in [-0.2, 0) is 16.0 Å². The molecule has 0 unspecified atom stereocenters. The molecule has 1 aromatic carbocycles. The van der Waals surface area contributed by atoms with Crippen LogP contribution in [-0.4, -0.2) is 37.2 Å². The van der Waals surface area contributed by atoms with Gasteiger partial charge in [0.2, 0.25) is 5.91 Å². The molecular formula is C20H25N3O2. The maximum atomic E-state index is 12.4. The van der Waals surface area contributed by atoms with Crippen LogP contribution in [0.2, 0.25) is 0 Å². The highest BCUT2D eigenvalue weighted by atomic mass is 16.5. The zero-order valence-electron chi connectivity index (χ0n) is 15.1. The Morgan fingerprint density at radius 1 is 1.20 bits per heavy atom. The van der Waals surface area contributed by atoms with E-state index < -0.39 is 0 Å². The molecule has 1 aliphatic heterocycles. The van der Waals surface area contributed by atoms with Gasteiger partial charge in [-0.25, -0.2) is 4.98 Å². The number of nitrogens with zero attached hydrogens (tertiary/aromatic N) is 2. The summed E-state index contributed by atoms with van der Waals surface area (Å²) in [7, 11) is 0. The topological polar surface area (TPSA) is 54.5 Å². The van der Waals surface area contributed by atoms with Gasteiger partial charge in [0.25, 0.3) is 0 Å². The molecule has 0 bridgehead atoms. The molecule has 1 aliphatic rings. The quantitative estimate of drug-likeness (QED) is 0.930. The van der Waals surface area contributed by atoms with E-state index in [2.05, 4.69) is 15.2 Å². The highest BCUT2D eigenvalue weighted by molar-refractivity contribution is 5.93. The minimum Gasteiger partial charge on any atom is -0.378 e. The minimum atomic E-state index is -0.0160. The van der Waals surface area contributed by atoms with Crippen LogP contribution in [0.1, 0.15) is 22.4 Å². The molecule has 25 heavy (non-hydrogen) atoms. The smallest absolute Gasteiger partial charge is 0.228 e. The summed E-state index contributed by atoms with van der Waals surface area (Å²) in [5.74, 6) is 0.938. The first kappa shape index (κ1) is 17.4. The molecule has 1 amide bonds. The van der Waals surface area contributed by atoms with Crippen molar-refractivity contribution in [2.24, 2.45) is 0 Å². The van der Waals surface area contributed by atoms with Gasteiger partial charge >= 0.3 is 0 Å². The molecule has 5 heteroatoms. The Bertz CT molecular complexity index is 744. The Balaban J connectivity index is 1.72. The van der Waals surface area contributed by atoms with E-state index in [-0.39, 0.29) is 5.91 Å². The first-order valence-corrected chi connectivity index (χ1v) is 8.69. The summed E-state index contributed by atoms with van der Waals surface area (Å²) in [5, 5.41) is 3.03. The van der Waals surface area contributed by atoms with Crippen molar-refractivity contribution in [2.45, 2.75) is 27.2 Å². The van der Waals surface area contributed by atoms with Crippen LogP contribution >= 0.6 is 0 Å². The molecule has 0 atom stereocenters. The number of hydrogen-bond acceptors (Lipinski definition) is 4. The van der Waals surface area contributed by atoms with Crippen molar-refractivity contribution in [2.75, 3.05) is 36.5 Å². The number of hydrogen-bond donors (Lipinski definition) is 1. The van der Waals surface area contributed by atoms with Crippen molar-refractivity contribution in [1.29, 1.82) is 0 Å². The summed E-state index contributed by atoms with van der Waals surface area (Å²) in [6, 6.07) is 10.1. The zero-order valence-corrected chi connectivity index (χ0v) is 15.1. The van der Waals surface area contributed by atoms with Gasteiger partial charge in [0.1, 0.15) is 5.82 Å². The van der Waals surface area contributed by atoms with E-state index in [1.165, 1.54) is 0 Å². The number of aromatic nitrogens is 1. The van der Waals surface area contributed by atoms with E-state index in [0.717, 1.165) is 60.2 Å². The van der Waals surface area contributed by atoms with Crippen molar-refractivity contribution in [1.82, 2.24) is 4.98 Å². The molecule has 1 saturated heterocycles.